The highest BCUT2D eigenvalue weighted by molar-refractivity contribution is 6.06. The van der Waals surface area contributed by atoms with Crippen molar-refractivity contribution in [1.29, 1.82) is 0 Å². The maximum Gasteiger partial charge on any atom is 0.353 e. The van der Waals surface area contributed by atoms with Crippen LogP contribution in [0.4, 0.5) is 0 Å². The summed E-state index contributed by atoms with van der Waals surface area (Å²) in [5, 5.41) is 13.1. The van der Waals surface area contributed by atoms with E-state index < -0.39 is 17.5 Å². The number of methoxy groups -OCH3 is 1. The van der Waals surface area contributed by atoms with Crippen LogP contribution in [0.15, 0.2) is 23.4 Å². The largest absolute Gasteiger partial charge is 0.496 e. The van der Waals surface area contributed by atoms with Crippen LogP contribution in [-0.2, 0) is 14.4 Å². The van der Waals surface area contributed by atoms with E-state index in [9.17, 15) is 14.7 Å². The molecule has 7 heteroatoms. The SMILES string of the molecule is COc1ccc(C2=NOC3(CCOC3=O)C2)cc1C(=O)O. The third kappa shape index (κ3) is 2.10. The highest BCUT2D eigenvalue weighted by atomic mass is 16.7. The predicted molar refractivity (Wildman–Crippen MR) is 70.5 cm³/mol. The lowest BCUT2D eigenvalue weighted by molar-refractivity contribution is -0.156. The van der Waals surface area contributed by atoms with Crippen LogP contribution in [0.2, 0.25) is 0 Å². The molecule has 7 nitrogen and oxygen atoms in total. The van der Waals surface area contributed by atoms with Gasteiger partial charge in [-0.15, -0.1) is 0 Å². The molecule has 21 heavy (non-hydrogen) atoms. The number of nitrogens with zero attached hydrogens (tertiary/aromatic N) is 1. The normalized spacial score (nSPS) is 23.7. The molecule has 1 saturated heterocycles. The molecular formula is C14H13NO6. The van der Waals surface area contributed by atoms with Crippen molar-refractivity contribution in [3.8, 4) is 5.75 Å². The number of carbonyl (C=O) groups excluding carboxylic acids is 1. The zero-order valence-corrected chi connectivity index (χ0v) is 11.3. The number of carboxylic acids is 1. The molecule has 1 N–H and O–H groups in total. The maximum atomic E-state index is 11.7. The van der Waals surface area contributed by atoms with E-state index in [0.717, 1.165) is 0 Å². The van der Waals surface area contributed by atoms with E-state index in [1.165, 1.54) is 13.2 Å². The Hall–Kier alpha value is -2.57. The van der Waals surface area contributed by atoms with Gasteiger partial charge in [0.15, 0.2) is 0 Å². The van der Waals surface area contributed by atoms with Crippen LogP contribution in [0, 0.1) is 0 Å². The molecule has 1 atom stereocenters. The van der Waals surface area contributed by atoms with Gasteiger partial charge in [0.2, 0.25) is 5.60 Å². The number of carbonyl (C=O) groups is 2. The Morgan fingerprint density at radius 1 is 1.48 bits per heavy atom. The number of benzene rings is 1. The van der Waals surface area contributed by atoms with Crippen molar-refractivity contribution in [3.05, 3.63) is 29.3 Å². The van der Waals surface area contributed by atoms with E-state index in [1.54, 1.807) is 12.1 Å². The fourth-order valence-corrected chi connectivity index (χ4v) is 2.47. The summed E-state index contributed by atoms with van der Waals surface area (Å²) in [5.41, 5.74) is 0.106. The van der Waals surface area contributed by atoms with Crippen molar-refractivity contribution in [2.24, 2.45) is 5.16 Å². The molecule has 1 unspecified atom stereocenters. The highest BCUT2D eigenvalue weighted by Crippen LogP contribution is 2.35. The van der Waals surface area contributed by atoms with Gasteiger partial charge >= 0.3 is 11.9 Å². The Kier molecular flexibility index (Phi) is 3.04. The van der Waals surface area contributed by atoms with E-state index in [4.69, 9.17) is 14.3 Å². The zero-order chi connectivity index (χ0) is 15.0. The number of oxime groups is 1. The van der Waals surface area contributed by atoms with Gasteiger partial charge in [0.05, 0.1) is 19.4 Å². The molecule has 0 amide bonds. The second kappa shape index (κ2) is 4.76. The van der Waals surface area contributed by atoms with Crippen molar-refractivity contribution < 1.29 is 29.0 Å². The lowest BCUT2D eigenvalue weighted by Crippen LogP contribution is -2.34. The molecule has 0 radical (unpaired) electrons. The predicted octanol–water partition coefficient (Wildman–Crippen LogP) is 1.20. The second-order valence-electron chi connectivity index (χ2n) is 4.91. The van der Waals surface area contributed by atoms with Gasteiger partial charge in [0.25, 0.3) is 0 Å². The van der Waals surface area contributed by atoms with Crippen LogP contribution in [0.1, 0.15) is 28.8 Å². The van der Waals surface area contributed by atoms with Crippen molar-refractivity contribution in [1.82, 2.24) is 0 Å². The van der Waals surface area contributed by atoms with Gasteiger partial charge in [-0.2, -0.15) is 0 Å². The molecule has 0 saturated carbocycles. The summed E-state index contributed by atoms with van der Waals surface area (Å²) in [6.07, 6.45) is 0.720. The quantitative estimate of drug-likeness (QED) is 0.841. The van der Waals surface area contributed by atoms with Gasteiger partial charge in [-0.1, -0.05) is 5.16 Å². The van der Waals surface area contributed by atoms with Gasteiger partial charge in [-0.3, -0.25) is 0 Å². The number of carboxylic acid groups (broad SMARTS) is 1. The number of hydrogen-bond acceptors (Lipinski definition) is 6. The molecule has 2 aliphatic heterocycles. The molecule has 0 aromatic heterocycles. The first kappa shape index (κ1) is 13.4. The number of hydrogen-bond donors (Lipinski definition) is 1. The molecule has 0 aliphatic carbocycles. The van der Waals surface area contributed by atoms with Gasteiger partial charge < -0.3 is 19.4 Å². The molecule has 0 bridgehead atoms. The number of rotatable bonds is 3. The first-order valence-electron chi connectivity index (χ1n) is 6.40. The minimum absolute atomic E-state index is 0.0349. The minimum atomic E-state index is -1.09. The Morgan fingerprint density at radius 3 is 2.90 bits per heavy atom. The Bertz CT molecular complexity index is 653. The highest BCUT2D eigenvalue weighted by Gasteiger charge is 2.52. The molecule has 1 aromatic carbocycles. The first-order valence-corrected chi connectivity index (χ1v) is 6.40. The number of aromatic carboxylic acids is 1. The van der Waals surface area contributed by atoms with Crippen LogP contribution in [0.25, 0.3) is 0 Å². The van der Waals surface area contributed by atoms with E-state index >= 15 is 0 Å². The second-order valence-corrected chi connectivity index (χ2v) is 4.91. The topological polar surface area (TPSA) is 94.4 Å². The summed E-state index contributed by atoms with van der Waals surface area (Å²) in [6.45, 7) is 0.310. The fraction of sp³-hybridized carbons (Fsp3) is 0.357. The Labute approximate surface area is 120 Å². The van der Waals surface area contributed by atoms with Crippen molar-refractivity contribution in [3.63, 3.8) is 0 Å². The first-order chi connectivity index (χ1) is 10.1. The average molecular weight is 291 g/mol. The van der Waals surface area contributed by atoms with Crippen LogP contribution < -0.4 is 4.74 Å². The maximum absolute atomic E-state index is 11.7. The number of cyclic esters (lactones) is 1. The van der Waals surface area contributed by atoms with Gasteiger partial charge in [-0.25, -0.2) is 9.59 Å². The number of ether oxygens (including phenoxy) is 2. The summed E-state index contributed by atoms with van der Waals surface area (Å²) in [4.78, 5) is 28.2. The van der Waals surface area contributed by atoms with Gasteiger partial charge in [0.1, 0.15) is 11.3 Å². The van der Waals surface area contributed by atoms with E-state index in [1.807, 2.05) is 0 Å². The van der Waals surface area contributed by atoms with Crippen LogP contribution in [0.5, 0.6) is 5.75 Å². The smallest absolute Gasteiger partial charge is 0.353 e. The number of esters is 1. The van der Waals surface area contributed by atoms with Crippen molar-refractivity contribution in [2.75, 3.05) is 13.7 Å². The molecular weight excluding hydrogens is 278 g/mol. The molecule has 1 aromatic rings. The van der Waals surface area contributed by atoms with E-state index in [-0.39, 0.29) is 17.7 Å². The van der Waals surface area contributed by atoms with E-state index in [2.05, 4.69) is 5.16 Å². The molecule has 3 rings (SSSR count). The monoisotopic (exact) mass is 291 g/mol. The molecule has 1 spiro atoms. The summed E-state index contributed by atoms with van der Waals surface area (Å²) >= 11 is 0. The van der Waals surface area contributed by atoms with Crippen LogP contribution in [0.3, 0.4) is 0 Å². The molecule has 2 heterocycles. The molecule has 1 fully saturated rings. The lowest BCUT2D eigenvalue weighted by Gasteiger charge is -2.14. The zero-order valence-electron chi connectivity index (χ0n) is 11.3. The van der Waals surface area contributed by atoms with Gasteiger partial charge in [0, 0.05) is 18.4 Å². The van der Waals surface area contributed by atoms with Crippen molar-refractivity contribution >= 4 is 17.7 Å². The third-order valence-electron chi connectivity index (χ3n) is 3.66. The minimum Gasteiger partial charge on any atom is -0.496 e. The van der Waals surface area contributed by atoms with Crippen molar-refractivity contribution in [2.45, 2.75) is 18.4 Å². The Morgan fingerprint density at radius 2 is 2.29 bits per heavy atom. The summed E-state index contributed by atoms with van der Waals surface area (Å²) in [6, 6.07) is 4.70. The average Bonchev–Trinajstić information content (AvgIpc) is 3.07. The Balaban J connectivity index is 1.90. The standard InChI is InChI=1S/C14H13NO6/c1-19-11-3-2-8(6-9(11)12(16)17)10-7-14(21-15-10)4-5-20-13(14)18/h2-3,6H,4-5,7H2,1H3,(H,16,17). The summed E-state index contributed by atoms with van der Waals surface area (Å²) < 4.78 is 9.93. The fourth-order valence-electron chi connectivity index (χ4n) is 2.47. The lowest BCUT2D eigenvalue weighted by atomic mass is 9.92. The molecule has 2 aliphatic rings. The van der Waals surface area contributed by atoms with E-state index in [0.29, 0.717) is 24.3 Å². The van der Waals surface area contributed by atoms with Gasteiger partial charge in [-0.05, 0) is 18.2 Å². The third-order valence-corrected chi connectivity index (χ3v) is 3.66. The van der Waals surface area contributed by atoms with Crippen LogP contribution >= 0.6 is 0 Å². The molecule has 110 valence electrons. The summed E-state index contributed by atoms with van der Waals surface area (Å²) in [7, 11) is 1.40. The van der Waals surface area contributed by atoms with Crippen LogP contribution in [-0.4, -0.2) is 42.1 Å². The summed E-state index contributed by atoms with van der Waals surface area (Å²) in [5.74, 6) is -1.25.